The van der Waals surface area contributed by atoms with Crippen LogP contribution in [0.4, 0.5) is 0 Å². The Kier molecular flexibility index (Phi) is 5.46. The van der Waals surface area contributed by atoms with Gasteiger partial charge in [-0.05, 0) is 44.0 Å². The molecular weight excluding hydrogens is 278 g/mol. The Bertz CT molecular complexity index is 687. The quantitative estimate of drug-likeness (QED) is 0.828. The zero-order valence-corrected chi connectivity index (χ0v) is 13.6. The number of aromatic nitrogens is 2. The first kappa shape index (κ1) is 16.4. The molecule has 1 N–H and O–H groups in total. The standard InChI is InChI=1S/C17H23N3O2/c1-12-7-13(2)9-15(8-12)20-14(3)10-17(21)16(19-20)11-18-5-6-22-4/h7-10,18H,5-6,11H2,1-4H3. The van der Waals surface area contributed by atoms with Gasteiger partial charge < -0.3 is 10.1 Å². The highest BCUT2D eigenvalue weighted by atomic mass is 16.5. The number of nitrogens with zero attached hydrogens (tertiary/aromatic N) is 2. The number of rotatable bonds is 6. The van der Waals surface area contributed by atoms with Crippen molar-refractivity contribution in [3.63, 3.8) is 0 Å². The Morgan fingerprint density at radius 3 is 2.45 bits per heavy atom. The number of methoxy groups -OCH3 is 1. The largest absolute Gasteiger partial charge is 0.383 e. The van der Waals surface area contributed by atoms with Gasteiger partial charge in [-0.25, -0.2) is 4.68 Å². The monoisotopic (exact) mass is 301 g/mol. The lowest BCUT2D eigenvalue weighted by Crippen LogP contribution is -2.26. The molecule has 0 aliphatic heterocycles. The highest BCUT2D eigenvalue weighted by molar-refractivity contribution is 5.39. The molecule has 0 saturated carbocycles. The molecule has 22 heavy (non-hydrogen) atoms. The van der Waals surface area contributed by atoms with Crippen molar-refractivity contribution < 1.29 is 4.74 Å². The molecule has 0 fully saturated rings. The molecule has 0 aliphatic carbocycles. The van der Waals surface area contributed by atoms with E-state index in [1.54, 1.807) is 13.2 Å². The number of aryl methyl sites for hydroxylation is 3. The second-order valence-corrected chi connectivity index (χ2v) is 5.52. The van der Waals surface area contributed by atoms with E-state index >= 15 is 0 Å². The van der Waals surface area contributed by atoms with Gasteiger partial charge in [0.15, 0.2) is 0 Å². The lowest BCUT2D eigenvalue weighted by atomic mass is 10.1. The molecule has 1 heterocycles. The summed E-state index contributed by atoms with van der Waals surface area (Å²) >= 11 is 0. The number of ether oxygens (including phenoxy) is 1. The first-order chi connectivity index (χ1) is 10.5. The third-order valence-electron chi connectivity index (χ3n) is 3.41. The number of nitrogens with one attached hydrogen (secondary N) is 1. The van der Waals surface area contributed by atoms with Gasteiger partial charge in [-0.15, -0.1) is 0 Å². The first-order valence-electron chi connectivity index (χ1n) is 7.39. The van der Waals surface area contributed by atoms with E-state index in [-0.39, 0.29) is 5.43 Å². The van der Waals surface area contributed by atoms with Gasteiger partial charge in [0, 0.05) is 32.0 Å². The molecule has 1 aromatic carbocycles. The zero-order valence-electron chi connectivity index (χ0n) is 13.6. The fourth-order valence-electron chi connectivity index (χ4n) is 2.42. The maximum atomic E-state index is 12.1. The highest BCUT2D eigenvalue weighted by Crippen LogP contribution is 2.14. The first-order valence-corrected chi connectivity index (χ1v) is 7.39. The van der Waals surface area contributed by atoms with Crippen molar-refractivity contribution in [1.82, 2.24) is 15.1 Å². The molecule has 5 heteroatoms. The summed E-state index contributed by atoms with van der Waals surface area (Å²) in [5.41, 5.74) is 4.64. The van der Waals surface area contributed by atoms with Crippen LogP contribution in [0.2, 0.25) is 0 Å². The maximum absolute atomic E-state index is 12.1. The molecule has 2 aromatic rings. The summed E-state index contributed by atoms with van der Waals surface area (Å²) in [5.74, 6) is 0. The molecule has 0 spiro atoms. The van der Waals surface area contributed by atoms with E-state index in [9.17, 15) is 4.79 Å². The van der Waals surface area contributed by atoms with E-state index in [1.807, 2.05) is 11.6 Å². The predicted molar refractivity (Wildman–Crippen MR) is 87.6 cm³/mol. The zero-order chi connectivity index (χ0) is 16.1. The molecular formula is C17H23N3O2. The van der Waals surface area contributed by atoms with Gasteiger partial charge in [0.05, 0.1) is 12.3 Å². The Hall–Kier alpha value is -1.98. The third-order valence-corrected chi connectivity index (χ3v) is 3.41. The fourth-order valence-corrected chi connectivity index (χ4v) is 2.42. The van der Waals surface area contributed by atoms with Crippen LogP contribution in [0.5, 0.6) is 0 Å². The summed E-state index contributed by atoms with van der Waals surface area (Å²) in [6.07, 6.45) is 0. The van der Waals surface area contributed by atoms with E-state index in [1.165, 1.54) is 11.1 Å². The average molecular weight is 301 g/mol. The SMILES string of the molecule is COCCNCc1nn(-c2cc(C)cc(C)c2)c(C)cc1=O. The molecule has 0 radical (unpaired) electrons. The summed E-state index contributed by atoms with van der Waals surface area (Å²) in [7, 11) is 1.65. The maximum Gasteiger partial charge on any atom is 0.204 e. The molecule has 0 saturated heterocycles. The van der Waals surface area contributed by atoms with Crippen LogP contribution in [0.25, 0.3) is 5.69 Å². The van der Waals surface area contributed by atoms with Crippen LogP contribution < -0.4 is 10.7 Å². The van der Waals surface area contributed by atoms with Crippen molar-refractivity contribution in [1.29, 1.82) is 0 Å². The summed E-state index contributed by atoms with van der Waals surface area (Å²) in [4.78, 5) is 12.1. The smallest absolute Gasteiger partial charge is 0.204 e. The predicted octanol–water partition coefficient (Wildman–Crippen LogP) is 1.89. The van der Waals surface area contributed by atoms with Gasteiger partial charge in [0.2, 0.25) is 5.43 Å². The van der Waals surface area contributed by atoms with Crippen molar-refractivity contribution in [2.45, 2.75) is 27.3 Å². The van der Waals surface area contributed by atoms with Crippen LogP contribution in [0.3, 0.4) is 0 Å². The summed E-state index contributed by atoms with van der Waals surface area (Å²) < 4.78 is 6.81. The lowest BCUT2D eigenvalue weighted by Gasteiger charge is -2.13. The van der Waals surface area contributed by atoms with E-state index in [0.29, 0.717) is 25.4 Å². The van der Waals surface area contributed by atoms with Crippen molar-refractivity contribution in [3.8, 4) is 5.69 Å². The molecule has 118 valence electrons. The van der Waals surface area contributed by atoms with Crippen LogP contribution in [-0.4, -0.2) is 30.0 Å². The molecule has 0 amide bonds. The molecule has 0 aliphatic rings. The van der Waals surface area contributed by atoms with Gasteiger partial charge in [-0.1, -0.05) is 6.07 Å². The minimum atomic E-state index is -0.0389. The van der Waals surface area contributed by atoms with Crippen molar-refractivity contribution in [2.24, 2.45) is 0 Å². The Labute approximate surface area is 130 Å². The Balaban J connectivity index is 2.33. The molecule has 1 aromatic heterocycles. The minimum absolute atomic E-state index is 0.0389. The number of hydrogen-bond donors (Lipinski definition) is 1. The number of benzene rings is 1. The lowest BCUT2D eigenvalue weighted by molar-refractivity contribution is 0.199. The van der Waals surface area contributed by atoms with Gasteiger partial charge in [0.1, 0.15) is 5.69 Å². The van der Waals surface area contributed by atoms with Crippen LogP contribution in [0.15, 0.2) is 29.1 Å². The minimum Gasteiger partial charge on any atom is -0.383 e. The van der Waals surface area contributed by atoms with Crippen LogP contribution in [-0.2, 0) is 11.3 Å². The van der Waals surface area contributed by atoms with Gasteiger partial charge >= 0.3 is 0 Å². The molecule has 0 unspecified atom stereocenters. The highest BCUT2D eigenvalue weighted by Gasteiger charge is 2.08. The normalized spacial score (nSPS) is 10.9. The van der Waals surface area contributed by atoms with Gasteiger partial charge in [0.25, 0.3) is 0 Å². The van der Waals surface area contributed by atoms with E-state index in [2.05, 4.69) is 42.5 Å². The number of hydrogen-bond acceptors (Lipinski definition) is 4. The third kappa shape index (κ3) is 4.02. The van der Waals surface area contributed by atoms with Gasteiger partial charge in [-0.3, -0.25) is 4.79 Å². The molecule has 2 rings (SSSR count). The fraction of sp³-hybridized carbons (Fsp3) is 0.412. The van der Waals surface area contributed by atoms with E-state index < -0.39 is 0 Å². The van der Waals surface area contributed by atoms with Crippen LogP contribution in [0, 0.1) is 20.8 Å². The van der Waals surface area contributed by atoms with Crippen molar-refractivity contribution in [2.75, 3.05) is 20.3 Å². The summed E-state index contributed by atoms with van der Waals surface area (Å²) in [6.45, 7) is 7.75. The van der Waals surface area contributed by atoms with E-state index in [4.69, 9.17) is 4.74 Å². The van der Waals surface area contributed by atoms with E-state index in [0.717, 1.165) is 11.4 Å². The Morgan fingerprint density at radius 2 is 1.82 bits per heavy atom. The molecule has 0 atom stereocenters. The summed E-state index contributed by atoms with van der Waals surface area (Å²) in [6, 6.07) is 7.89. The topological polar surface area (TPSA) is 56.1 Å². The molecule has 5 nitrogen and oxygen atoms in total. The second kappa shape index (κ2) is 7.33. The molecule has 0 bridgehead atoms. The van der Waals surface area contributed by atoms with Crippen LogP contribution >= 0.6 is 0 Å². The van der Waals surface area contributed by atoms with Gasteiger partial charge in [-0.2, -0.15) is 5.10 Å². The van der Waals surface area contributed by atoms with Crippen LogP contribution in [0.1, 0.15) is 22.5 Å². The van der Waals surface area contributed by atoms with Crippen molar-refractivity contribution in [3.05, 3.63) is 57.0 Å². The average Bonchev–Trinajstić information content (AvgIpc) is 2.44. The second-order valence-electron chi connectivity index (χ2n) is 5.52. The van der Waals surface area contributed by atoms with Crippen molar-refractivity contribution >= 4 is 0 Å². The Morgan fingerprint density at radius 1 is 1.14 bits per heavy atom. The summed E-state index contributed by atoms with van der Waals surface area (Å²) in [5, 5.41) is 7.69.